The summed E-state index contributed by atoms with van der Waals surface area (Å²) >= 11 is 0. The zero-order chi connectivity index (χ0) is 10.6. The highest BCUT2D eigenvalue weighted by molar-refractivity contribution is 5.38. The number of rotatable bonds is 4. The topological polar surface area (TPSA) is 29.5 Å². The SMILES string of the molecule is CCC[C@H](O)c1ccc(C)cc1OC. The molecule has 0 aliphatic rings. The Bertz CT molecular complexity index is 294. The third kappa shape index (κ3) is 2.48. The van der Waals surface area contributed by atoms with Crippen molar-refractivity contribution >= 4 is 0 Å². The molecule has 0 saturated carbocycles. The third-order valence-corrected chi connectivity index (χ3v) is 2.31. The van der Waals surface area contributed by atoms with E-state index in [4.69, 9.17) is 4.74 Å². The van der Waals surface area contributed by atoms with Crippen molar-refractivity contribution in [1.82, 2.24) is 0 Å². The molecule has 0 amide bonds. The van der Waals surface area contributed by atoms with Crippen LogP contribution in [0.5, 0.6) is 5.75 Å². The normalized spacial score (nSPS) is 12.6. The first-order valence-electron chi connectivity index (χ1n) is 5.01. The molecule has 0 bridgehead atoms. The lowest BCUT2D eigenvalue weighted by molar-refractivity contribution is 0.162. The average molecular weight is 194 g/mol. The van der Waals surface area contributed by atoms with Gasteiger partial charge in [0.15, 0.2) is 0 Å². The number of hydrogen-bond acceptors (Lipinski definition) is 2. The summed E-state index contributed by atoms with van der Waals surface area (Å²) in [4.78, 5) is 0. The van der Waals surface area contributed by atoms with Gasteiger partial charge in [-0.25, -0.2) is 0 Å². The summed E-state index contributed by atoms with van der Waals surface area (Å²) in [7, 11) is 1.64. The van der Waals surface area contributed by atoms with Crippen LogP contribution in [0.4, 0.5) is 0 Å². The van der Waals surface area contributed by atoms with Crippen LogP contribution in [-0.2, 0) is 0 Å². The molecule has 0 aromatic heterocycles. The molecule has 1 aromatic carbocycles. The molecule has 0 radical (unpaired) electrons. The summed E-state index contributed by atoms with van der Waals surface area (Å²) in [5.41, 5.74) is 2.04. The zero-order valence-corrected chi connectivity index (χ0v) is 9.08. The average Bonchev–Trinajstić information content (AvgIpc) is 2.17. The predicted octanol–water partition coefficient (Wildman–Crippen LogP) is 2.84. The summed E-state index contributed by atoms with van der Waals surface area (Å²) in [6.07, 6.45) is 1.34. The molecule has 1 N–H and O–H groups in total. The molecule has 1 rings (SSSR count). The van der Waals surface area contributed by atoms with Gasteiger partial charge in [-0.2, -0.15) is 0 Å². The van der Waals surface area contributed by atoms with Crippen molar-refractivity contribution in [1.29, 1.82) is 0 Å². The lowest BCUT2D eigenvalue weighted by atomic mass is 10.0. The molecule has 2 nitrogen and oxygen atoms in total. The second kappa shape index (κ2) is 5.01. The Hall–Kier alpha value is -1.02. The fraction of sp³-hybridized carbons (Fsp3) is 0.500. The van der Waals surface area contributed by atoms with Gasteiger partial charge in [0, 0.05) is 5.56 Å². The smallest absolute Gasteiger partial charge is 0.124 e. The first-order valence-corrected chi connectivity index (χ1v) is 5.01. The van der Waals surface area contributed by atoms with Crippen molar-refractivity contribution in [2.24, 2.45) is 0 Å². The largest absolute Gasteiger partial charge is 0.496 e. The van der Waals surface area contributed by atoms with Crippen molar-refractivity contribution in [3.8, 4) is 5.75 Å². The minimum absolute atomic E-state index is 0.407. The molecule has 2 heteroatoms. The van der Waals surface area contributed by atoms with Gasteiger partial charge in [0.2, 0.25) is 0 Å². The summed E-state index contributed by atoms with van der Waals surface area (Å²) in [6, 6.07) is 5.89. The molecule has 14 heavy (non-hydrogen) atoms. The molecule has 1 aromatic rings. The van der Waals surface area contributed by atoms with Crippen LogP contribution in [-0.4, -0.2) is 12.2 Å². The van der Waals surface area contributed by atoms with E-state index in [2.05, 4.69) is 6.92 Å². The van der Waals surface area contributed by atoms with E-state index >= 15 is 0 Å². The van der Waals surface area contributed by atoms with E-state index in [0.717, 1.165) is 29.7 Å². The third-order valence-electron chi connectivity index (χ3n) is 2.31. The zero-order valence-electron chi connectivity index (χ0n) is 9.08. The maximum atomic E-state index is 9.84. The van der Waals surface area contributed by atoms with Crippen molar-refractivity contribution in [2.75, 3.05) is 7.11 Å². The van der Waals surface area contributed by atoms with Crippen LogP contribution in [0.15, 0.2) is 18.2 Å². The number of benzene rings is 1. The van der Waals surface area contributed by atoms with Crippen LogP contribution in [0.1, 0.15) is 37.0 Å². The Morgan fingerprint density at radius 1 is 1.43 bits per heavy atom. The van der Waals surface area contributed by atoms with Crippen molar-refractivity contribution in [2.45, 2.75) is 32.8 Å². The van der Waals surface area contributed by atoms with Gasteiger partial charge in [0.1, 0.15) is 5.75 Å². The van der Waals surface area contributed by atoms with Crippen LogP contribution in [0.2, 0.25) is 0 Å². The van der Waals surface area contributed by atoms with Gasteiger partial charge in [0.05, 0.1) is 13.2 Å². The van der Waals surface area contributed by atoms with Gasteiger partial charge in [-0.05, 0) is 25.0 Å². The molecule has 1 atom stereocenters. The van der Waals surface area contributed by atoms with Crippen LogP contribution >= 0.6 is 0 Å². The molecule has 0 aliphatic carbocycles. The second-order valence-corrected chi connectivity index (χ2v) is 3.55. The van der Waals surface area contributed by atoms with Crippen LogP contribution < -0.4 is 4.74 Å². The highest BCUT2D eigenvalue weighted by atomic mass is 16.5. The summed E-state index contributed by atoms with van der Waals surface area (Å²) in [5, 5.41) is 9.84. The van der Waals surface area contributed by atoms with E-state index in [1.807, 2.05) is 25.1 Å². The first kappa shape index (κ1) is 11.1. The van der Waals surface area contributed by atoms with E-state index in [0.29, 0.717) is 0 Å². The van der Waals surface area contributed by atoms with Gasteiger partial charge < -0.3 is 9.84 Å². The van der Waals surface area contributed by atoms with Crippen LogP contribution in [0.25, 0.3) is 0 Å². The van der Waals surface area contributed by atoms with Gasteiger partial charge in [-0.1, -0.05) is 25.5 Å². The molecule has 0 heterocycles. The van der Waals surface area contributed by atoms with Gasteiger partial charge in [0.25, 0.3) is 0 Å². The molecular formula is C12H18O2. The molecule has 0 spiro atoms. The van der Waals surface area contributed by atoms with E-state index in [1.54, 1.807) is 7.11 Å². The fourth-order valence-electron chi connectivity index (χ4n) is 1.52. The first-order chi connectivity index (χ1) is 6.69. The maximum Gasteiger partial charge on any atom is 0.124 e. The van der Waals surface area contributed by atoms with E-state index < -0.39 is 6.10 Å². The Balaban J connectivity index is 2.95. The number of hydrogen-bond donors (Lipinski definition) is 1. The summed E-state index contributed by atoms with van der Waals surface area (Å²) in [5.74, 6) is 0.783. The predicted molar refractivity (Wildman–Crippen MR) is 57.6 cm³/mol. The van der Waals surface area contributed by atoms with Gasteiger partial charge in [-0.3, -0.25) is 0 Å². The lowest BCUT2D eigenvalue weighted by Gasteiger charge is -2.14. The van der Waals surface area contributed by atoms with Crippen molar-refractivity contribution < 1.29 is 9.84 Å². The molecule has 0 saturated heterocycles. The van der Waals surface area contributed by atoms with E-state index in [-0.39, 0.29) is 0 Å². The van der Waals surface area contributed by atoms with E-state index in [9.17, 15) is 5.11 Å². The number of methoxy groups -OCH3 is 1. The molecule has 0 fully saturated rings. The molecule has 0 unspecified atom stereocenters. The summed E-state index contributed by atoms with van der Waals surface area (Å²) < 4.78 is 5.23. The minimum atomic E-state index is -0.407. The van der Waals surface area contributed by atoms with Gasteiger partial charge >= 0.3 is 0 Å². The lowest BCUT2D eigenvalue weighted by Crippen LogP contribution is -2.00. The highest BCUT2D eigenvalue weighted by Crippen LogP contribution is 2.28. The Morgan fingerprint density at radius 3 is 2.71 bits per heavy atom. The number of ether oxygens (including phenoxy) is 1. The quantitative estimate of drug-likeness (QED) is 0.798. The second-order valence-electron chi connectivity index (χ2n) is 3.55. The number of aliphatic hydroxyl groups excluding tert-OH is 1. The maximum absolute atomic E-state index is 9.84. The molecular weight excluding hydrogens is 176 g/mol. The van der Waals surface area contributed by atoms with Crippen LogP contribution in [0.3, 0.4) is 0 Å². The Kier molecular flexibility index (Phi) is 3.96. The molecule has 0 aliphatic heterocycles. The van der Waals surface area contributed by atoms with Crippen molar-refractivity contribution in [3.05, 3.63) is 29.3 Å². The van der Waals surface area contributed by atoms with Gasteiger partial charge in [-0.15, -0.1) is 0 Å². The Morgan fingerprint density at radius 2 is 2.14 bits per heavy atom. The Labute approximate surface area is 85.5 Å². The monoisotopic (exact) mass is 194 g/mol. The number of aliphatic hydroxyl groups is 1. The van der Waals surface area contributed by atoms with E-state index in [1.165, 1.54) is 0 Å². The summed E-state index contributed by atoms with van der Waals surface area (Å²) in [6.45, 7) is 4.07. The fourth-order valence-corrected chi connectivity index (χ4v) is 1.52. The van der Waals surface area contributed by atoms with Crippen molar-refractivity contribution in [3.63, 3.8) is 0 Å². The standard InChI is InChI=1S/C12H18O2/c1-4-5-11(13)10-7-6-9(2)8-12(10)14-3/h6-8,11,13H,4-5H2,1-3H3/t11-/m0/s1. The minimum Gasteiger partial charge on any atom is -0.496 e. The number of aryl methyl sites for hydroxylation is 1. The highest BCUT2D eigenvalue weighted by Gasteiger charge is 2.11. The van der Waals surface area contributed by atoms with Crippen LogP contribution in [0, 0.1) is 6.92 Å². The molecule has 78 valence electrons.